The largest absolute Gasteiger partial charge is 0.300 e. The molecule has 0 aromatic heterocycles. The second kappa shape index (κ2) is 11.2. The van der Waals surface area contributed by atoms with E-state index in [2.05, 4.69) is 0 Å². The minimum absolute atomic E-state index is 0.190. The molecule has 0 unspecified atom stereocenters. The first-order chi connectivity index (χ1) is 7.86. The fourth-order valence-corrected chi connectivity index (χ4v) is 0. The average Bonchev–Trinajstić information content (AvgIpc) is 2.17. The maximum atomic E-state index is 10.3. The maximum absolute atomic E-state index is 10.3. The first kappa shape index (κ1) is 22.3. The maximum Gasteiger partial charge on any atom is 0.149 e. The van der Waals surface area contributed by atoms with E-state index in [4.69, 9.17) is 5.26 Å². The molecule has 0 saturated heterocycles. The van der Waals surface area contributed by atoms with Crippen LogP contribution < -0.4 is 0 Å². The third-order valence-corrected chi connectivity index (χ3v) is 3.64. The van der Waals surface area contributed by atoms with Gasteiger partial charge in [0, 0.05) is 18.1 Å². The van der Waals surface area contributed by atoms with Gasteiger partial charge in [-0.1, -0.05) is 13.8 Å². The minimum Gasteiger partial charge on any atom is -0.300 e. The number of carbonyl (C=O) groups is 1. The molecule has 5 heteroatoms. The Balaban J connectivity index is -0.000000190. The third kappa shape index (κ3) is 24.4. The van der Waals surface area contributed by atoms with Crippen LogP contribution in [0.4, 0.5) is 0 Å². The lowest BCUT2D eigenvalue weighted by Crippen LogP contribution is -2.10. The second-order valence-corrected chi connectivity index (χ2v) is 7.53. The summed E-state index contributed by atoms with van der Waals surface area (Å²) in [5, 5.41) is 7.66. The van der Waals surface area contributed by atoms with Gasteiger partial charge in [0.2, 0.25) is 0 Å². The Bertz CT molecular complexity index is 349. The van der Waals surface area contributed by atoms with E-state index in [0.29, 0.717) is 0 Å². The van der Waals surface area contributed by atoms with Gasteiger partial charge in [0.1, 0.15) is 15.6 Å². The van der Waals surface area contributed by atoms with Crippen molar-refractivity contribution in [3.05, 3.63) is 0 Å². The smallest absolute Gasteiger partial charge is 0.149 e. The van der Waals surface area contributed by atoms with Gasteiger partial charge < -0.3 is 0 Å². The third-order valence-electron chi connectivity index (χ3n) is 1.93. The van der Waals surface area contributed by atoms with Crippen LogP contribution in [0.1, 0.15) is 48.5 Å². The van der Waals surface area contributed by atoms with Crippen molar-refractivity contribution < 1.29 is 13.2 Å². The fraction of sp³-hybridized carbons (Fsp3) is 0.846. The lowest BCUT2D eigenvalue weighted by molar-refractivity contribution is -0.119. The van der Waals surface area contributed by atoms with Gasteiger partial charge in [-0.05, 0) is 34.6 Å². The molecule has 0 aromatic rings. The van der Waals surface area contributed by atoms with Crippen molar-refractivity contribution in [2.75, 3.05) is 6.26 Å². The Morgan fingerprint density at radius 2 is 1.22 bits per heavy atom. The molecule has 0 rings (SSSR count). The van der Waals surface area contributed by atoms with E-state index in [1.807, 2.05) is 33.8 Å². The van der Waals surface area contributed by atoms with Gasteiger partial charge in [0.25, 0.3) is 0 Å². The molecule has 0 amide bonds. The summed E-state index contributed by atoms with van der Waals surface area (Å²) in [6.07, 6.45) is 1.23. The van der Waals surface area contributed by atoms with Crippen LogP contribution in [0.5, 0.6) is 0 Å². The SMILES string of the molecule is CC(=O)C(C)C.CC(C)C#N.CC(C)S(C)(=O)=O. The van der Waals surface area contributed by atoms with Gasteiger partial charge in [-0.3, -0.25) is 4.79 Å². The predicted octanol–water partition coefficient (Wildman–Crippen LogP) is 2.84. The lowest BCUT2D eigenvalue weighted by Gasteiger charge is -1.96. The zero-order valence-corrected chi connectivity index (χ0v) is 13.6. The van der Waals surface area contributed by atoms with Crippen LogP contribution in [0.25, 0.3) is 0 Å². The van der Waals surface area contributed by atoms with E-state index < -0.39 is 9.84 Å². The molecule has 0 bridgehead atoms. The van der Waals surface area contributed by atoms with Crippen molar-refractivity contribution in [2.45, 2.75) is 53.7 Å². The van der Waals surface area contributed by atoms with E-state index in [1.165, 1.54) is 6.26 Å². The molecule has 18 heavy (non-hydrogen) atoms. The van der Waals surface area contributed by atoms with Crippen LogP contribution in [0.3, 0.4) is 0 Å². The molecule has 0 saturated carbocycles. The quantitative estimate of drug-likeness (QED) is 0.777. The van der Waals surface area contributed by atoms with E-state index >= 15 is 0 Å². The number of nitrogens with zero attached hydrogens (tertiary/aromatic N) is 1. The highest BCUT2D eigenvalue weighted by molar-refractivity contribution is 7.91. The Labute approximate surface area is 112 Å². The van der Waals surface area contributed by atoms with E-state index in [1.54, 1.807) is 20.8 Å². The number of sulfone groups is 1. The molecule has 4 nitrogen and oxygen atoms in total. The van der Waals surface area contributed by atoms with Crippen molar-refractivity contribution in [3.63, 3.8) is 0 Å². The van der Waals surface area contributed by atoms with Crippen LogP contribution in [0, 0.1) is 23.2 Å². The highest BCUT2D eigenvalue weighted by Crippen LogP contribution is 1.92. The first-order valence-corrected chi connectivity index (χ1v) is 7.90. The van der Waals surface area contributed by atoms with Crippen LogP contribution in [0.15, 0.2) is 0 Å². The van der Waals surface area contributed by atoms with Crippen molar-refractivity contribution in [1.29, 1.82) is 5.26 Å². The summed E-state index contributed by atoms with van der Waals surface area (Å²) < 4.78 is 20.7. The molecular weight excluding hydrogens is 250 g/mol. The highest BCUT2D eigenvalue weighted by Gasteiger charge is 2.05. The topological polar surface area (TPSA) is 75.0 Å². The van der Waals surface area contributed by atoms with Gasteiger partial charge in [-0.25, -0.2) is 8.42 Å². The normalized spacial score (nSPS) is 10.1. The van der Waals surface area contributed by atoms with Crippen LogP contribution in [-0.4, -0.2) is 25.7 Å². The molecule has 0 N–H and O–H groups in total. The second-order valence-electron chi connectivity index (χ2n) is 4.93. The summed E-state index contributed by atoms with van der Waals surface area (Å²) in [5.41, 5.74) is 0. The summed E-state index contributed by atoms with van der Waals surface area (Å²) in [6, 6.07) is 2.03. The molecule has 0 aromatic carbocycles. The molecule has 0 radical (unpaired) electrons. The molecule has 0 spiro atoms. The summed E-state index contributed by atoms with van der Waals surface area (Å²) >= 11 is 0. The number of hydrogen-bond donors (Lipinski definition) is 0. The van der Waals surface area contributed by atoms with Crippen molar-refractivity contribution in [1.82, 2.24) is 0 Å². The monoisotopic (exact) mass is 277 g/mol. The molecule has 0 aliphatic rings. The predicted molar refractivity (Wildman–Crippen MR) is 75.9 cm³/mol. The van der Waals surface area contributed by atoms with Gasteiger partial charge in [-0.2, -0.15) is 5.26 Å². The lowest BCUT2D eigenvalue weighted by atomic mass is 10.1. The zero-order valence-electron chi connectivity index (χ0n) is 12.8. The Morgan fingerprint density at radius 1 is 1.06 bits per heavy atom. The molecule has 108 valence electrons. The van der Waals surface area contributed by atoms with Gasteiger partial charge in [0.05, 0.1) is 11.3 Å². The molecule has 0 aliphatic heterocycles. The number of carbonyl (C=O) groups excluding carboxylic acids is 1. The first-order valence-electron chi connectivity index (χ1n) is 5.95. The molecule has 0 atom stereocenters. The molecule has 0 fully saturated rings. The highest BCUT2D eigenvalue weighted by atomic mass is 32.2. The van der Waals surface area contributed by atoms with Crippen LogP contribution in [0.2, 0.25) is 0 Å². The standard InChI is InChI=1S/C5H10O.C4H7N.C4H10O2S/c1-4(2)5(3)6;1-4(2)3-5;1-4(2)7(3,5)6/h4H,1-3H3;4H,1-2H3;4H,1-3H3. The number of hydrogen-bond acceptors (Lipinski definition) is 4. The van der Waals surface area contributed by atoms with Gasteiger partial charge in [-0.15, -0.1) is 0 Å². The number of nitriles is 1. The van der Waals surface area contributed by atoms with Crippen molar-refractivity contribution in [3.8, 4) is 6.07 Å². The minimum atomic E-state index is -2.74. The van der Waals surface area contributed by atoms with E-state index in [0.717, 1.165) is 0 Å². The van der Waals surface area contributed by atoms with Crippen LogP contribution >= 0.6 is 0 Å². The van der Waals surface area contributed by atoms with E-state index in [-0.39, 0.29) is 22.9 Å². The fourth-order valence-electron chi connectivity index (χ4n) is 0. The van der Waals surface area contributed by atoms with E-state index in [9.17, 15) is 13.2 Å². The van der Waals surface area contributed by atoms with Crippen molar-refractivity contribution >= 4 is 15.6 Å². The summed E-state index contributed by atoms with van der Waals surface area (Å²) in [4.78, 5) is 10.1. The Kier molecular flexibility index (Phi) is 13.9. The number of rotatable bonds is 2. The van der Waals surface area contributed by atoms with Crippen LogP contribution in [-0.2, 0) is 14.6 Å². The van der Waals surface area contributed by atoms with Gasteiger partial charge in [0.15, 0.2) is 0 Å². The summed E-state index contributed by atoms with van der Waals surface area (Å²) in [7, 11) is -2.74. The number of Topliss-reactive ketones (excluding diaryl/α,β-unsaturated/α-hetero) is 1. The summed E-state index contributed by atoms with van der Waals surface area (Å²) in [5.74, 6) is 0.662. The van der Waals surface area contributed by atoms with Crippen molar-refractivity contribution in [2.24, 2.45) is 11.8 Å². The zero-order chi connectivity index (χ0) is 15.5. The average molecular weight is 277 g/mol. The molecule has 0 aliphatic carbocycles. The van der Waals surface area contributed by atoms with Gasteiger partial charge >= 0.3 is 0 Å². The Morgan fingerprint density at radius 3 is 1.22 bits per heavy atom. The molecular formula is C13H27NO3S. The molecule has 0 heterocycles. The Hall–Kier alpha value is -0.890. The number of ketones is 1. The summed E-state index contributed by atoms with van der Waals surface area (Å²) in [6.45, 7) is 12.4.